The first-order valence-corrected chi connectivity index (χ1v) is 12.9. The zero-order chi connectivity index (χ0) is 22.6. The van der Waals surface area contributed by atoms with E-state index < -0.39 is 5.60 Å². The molecule has 0 radical (unpaired) electrons. The summed E-state index contributed by atoms with van der Waals surface area (Å²) in [6.07, 6.45) is 11.9. The Balaban J connectivity index is 1.19. The van der Waals surface area contributed by atoms with Crippen LogP contribution in [-0.4, -0.2) is 60.1 Å². The molecule has 1 aliphatic carbocycles. The first-order valence-electron chi connectivity index (χ1n) is 12.9. The SMILES string of the molecule is OC(COC1C[N+]2(CCCOc3ccccc3)CCC1CC2)(c1cccnc1)C1CCCC1. The Morgan fingerprint density at radius 2 is 1.79 bits per heavy atom. The summed E-state index contributed by atoms with van der Waals surface area (Å²) in [5.74, 6) is 1.85. The Bertz CT molecular complexity index is 863. The smallest absolute Gasteiger partial charge is 0.119 e. The maximum absolute atomic E-state index is 11.8. The zero-order valence-corrected chi connectivity index (χ0v) is 19.8. The highest BCUT2D eigenvalue weighted by atomic mass is 16.5. The minimum absolute atomic E-state index is 0.243. The lowest BCUT2D eigenvalue weighted by Crippen LogP contribution is -2.65. The van der Waals surface area contributed by atoms with Gasteiger partial charge in [-0.05, 0) is 37.0 Å². The molecule has 2 atom stereocenters. The minimum Gasteiger partial charge on any atom is -0.493 e. The van der Waals surface area contributed by atoms with Gasteiger partial charge in [0.25, 0.3) is 0 Å². The highest BCUT2D eigenvalue weighted by Gasteiger charge is 2.48. The average Bonchev–Trinajstić information content (AvgIpc) is 3.43. The molecule has 4 aliphatic rings. The molecular formula is C28H39N2O3+. The summed E-state index contributed by atoms with van der Waals surface area (Å²) in [7, 11) is 0. The number of aromatic nitrogens is 1. The maximum Gasteiger partial charge on any atom is 0.119 e. The second-order valence-electron chi connectivity index (χ2n) is 10.5. The molecule has 2 aromatic rings. The minimum atomic E-state index is -0.925. The van der Waals surface area contributed by atoms with Gasteiger partial charge in [-0.15, -0.1) is 0 Å². The molecule has 5 nitrogen and oxygen atoms in total. The average molecular weight is 452 g/mol. The highest BCUT2D eigenvalue weighted by molar-refractivity contribution is 5.21. The molecule has 6 rings (SSSR count). The van der Waals surface area contributed by atoms with Crippen molar-refractivity contribution in [3.8, 4) is 5.75 Å². The summed E-state index contributed by atoms with van der Waals surface area (Å²) in [6.45, 7) is 5.89. The fourth-order valence-corrected chi connectivity index (χ4v) is 6.52. The van der Waals surface area contributed by atoms with Crippen molar-refractivity contribution in [3.05, 3.63) is 60.4 Å². The van der Waals surface area contributed by atoms with Crippen LogP contribution < -0.4 is 4.74 Å². The van der Waals surface area contributed by atoms with Crippen LogP contribution in [0, 0.1) is 11.8 Å². The van der Waals surface area contributed by atoms with Crippen LogP contribution >= 0.6 is 0 Å². The molecule has 0 amide bonds. The van der Waals surface area contributed by atoms with Crippen LogP contribution in [0.2, 0.25) is 0 Å². The maximum atomic E-state index is 11.8. The van der Waals surface area contributed by atoms with Crippen molar-refractivity contribution < 1.29 is 19.1 Å². The van der Waals surface area contributed by atoms with Gasteiger partial charge in [-0.2, -0.15) is 0 Å². The Hall–Kier alpha value is -1.95. The predicted molar refractivity (Wildman–Crippen MR) is 129 cm³/mol. The summed E-state index contributed by atoms with van der Waals surface area (Å²) in [6, 6.07) is 14.1. The number of rotatable bonds is 10. The molecule has 5 heteroatoms. The van der Waals surface area contributed by atoms with E-state index in [0.29, 0.717) is 12.5 Å². The number of aliphatic hydroxyl groups is 1. The van der Waals surface area contributed by atoms with Gasteiger partial charge in [0.2, 0.25) is 0 Å². The van der Waals surface area contributed by atoms with Crippen molar-refractivity contribution in [1.82, 2.24) is 4.98 Å². The van der Waals surface area contributed by atoms with Gasteiger partial charge in [-0.3, -0.25) is 4.98 Å². The monoisotopic (exact) mass is 451 g/mol. The molecule has 178 valence electrons. The molecule has 4 fully saturated rings. The van der Waals surface area contributed by atoms with E-state index >= 15 is 0 Å². The van der Waals surface area contributed by atoms with Gasteiger partial charge in [-0.1, -0.05) is 37.1 Å². The van der Waals surface area contributed by atoms with Crippen molar-refractivity contribution in [2.24, 2.45) is 11.8 Å². The number of hydrogen-bond donors (Lipinski definition) is 1. The number of fused-ring (bicyclic) bond motifs is 3. The van der Waals surface area contributed by atoms with Gasteiger partial charge in [0.15, 0.2) is 0 Å². The van der Waals surface area contributed by atoms with Gasteiger partial charge in [0.1, 0.15) is 24.0 Å². The van der Waals surface area contributed by atoms with E-state index in [4.69, 9.17) is 9.47 Å². The number of para-hydroxylation sites is 1. The fourth-order valence-electron chi connectivity index (χ4n) is 6.52. The van der Waals surface area contributed by atoms with E-state index in [1.54, 1.807) is 6.20 Å². The first-order chi connectivity index (χ1) is 16.2. The highest BCUT2D eigenvalue weighted by Crippen LogP contribution is 2.42. The molecule has 0 spiro atoms. The van der Waals surface area contributed by atoms with Crippen LogP contribution in [-0.2, 0) is 10.3 Å². The molecule has 3 aliphatic heterocycles. The van der Waals surface area contributed by atoms with Gasteiger partial charge < -0.3 is 19.1 Å². The number of piperidine rings is 3. The van der Waals surface area contributed by atoms with E-state index in [1.165, 1.54) is 38.8 Å². The van der Waals surface area contributed by atoms with Crippen LogP contribution in [0.5, 0.6) is 5.75 Å². The third-order valence-corrected chi connectivity index (χ3v) is 8.54. The summed E-state index contributed by atoms with van der Waals surface area (Å²) < 4.78 is 13.7. The largest absolute Gasteiger partial charge is 0.493 e. The second-order valence-corrected chi connectivity index (χ2v) is 10.5. The normalized spacial score (nSPS) is 29.1. The number of hydrogen-bond acceptors (Lipinski definition) is 4. The molecule has 4 heterocycles. The quantitative estimate of drug-likeness (QED) is 0.425. The Morgan fingerprint density at radius 3 is 2.52 bits per heavy atom. The van der Waals surface area contributed by atoms with Gasteiger partial charge in [0.05, 0.1) is 32.8 Å². The van der Waals surface area contributed by atoms with Crippen LogP contribution in [0.3, 0.4) is 0 Å². The molecule has 33 heavy (non-hydrogen) atoms. The van der Waals surface area contributed by atoms with E-state index in [9.17, 15) is 5.11 Å². The number of nitrogens with zero attached hydrogens (tertiary/aromatic N) is 2. The van der Waals surface area contributed by atoms with E-state index in [1.807, 2.05) is 48.7 Å². The van der Waals surface area contributed by atoms with Crippen molar-refractivity contribution >= 4 is 0 Å². The topological polar surface area (TPSA) is 51.6 Å². The number of benzene rings is 1. The van der Waals surface area contributed by atoms with Gasteiger partial charge in [0, 0.05) is 43.1 Å². The third-order valence-electron chi connectivity index (χ3n) is 8.54. The summed E-state index contributed by atoms with van der Waals surface area (Å²) in [5.41, 5.74) is -0.00867. The Morgan fingerprint density at radius 1 is 1.00 bits per heavy atom. The molecule has 1 aromatic heterocycles. The van der Waals surface area contributed by atoms with Gasteiger partial charge >= 0.3 is 0 Å². The number of quaternary nitrogens is 1. The molecule has 3 saturated heterocycles. The predicted octanol–water partition coefficient (Wildman–Crippen LogP) is 4.55. The van der Waals surface area contributed by atoms with Crippen LogP contribution in [0.4, 0.5) is 0 Å². The Kier molecular flexibility index (Phi) is 7.00. The molecule has 1 aromatic carbocycles. The zero-order valence-electron chi connectivity index (χ0n) is 19.8. The standard InChI is InChI=1S/C28H39N2O3/c31-28(24-8-4-5-9-24,25-10-6-15-29-20-25)22-33-27-21-30(17-13-23(27)14-18-30)16-7-19-32-26-11-2-1-3-12-26/h1-3,6,10-12,15,20,23-24,27,31H,4-5,7-9,13-14,16-19,21-22H2/q+1. The second kappa shape index (κ2) is 10.1. The first kappa shape index (κ1) is 22.8. The van der Waals surface area contributed by atoms with E-state index in [0.717, 1.165) is 54.8 Å². The fraction of sp³-hybridized carbons (Fsp3) is 0.607. The summed E-state index contributed by atoms with van der Waals surface area (Å²) >= 11 is 0. The molecule has 1 N–H and O–H groups in total. The van der Waals surface area contributed by atoms with Crippen LogP contribution in [0.25, 0.3) is 0 Å². The third kappa shape index (κ3) is 5.11. The van der Waals surface area contributed by atoms with Crippen molar-refractivity contribution in [2.45, 2.75) is 56.7 Å². The summed E-state index contributed by atoms with van der Waals surface area (Å²) in [5, 5.41) is 11.8. The van der Waals surface area contributed by atoms with Crippen molar-refractivity contribution in [1.29, 1.82) is 0 Å². The van der Waals surface area contributed by atoms with Crippen LogP contribution in [0.15, 0.2) is 54.9 Å². The molecule has 2 bridgehead atoms. The van der Waals surface area contributed by atoms with Crippen molar-refractivity contribution in [3.63, 3.8) is 0 Å². The van der Waals surface area contributed by atoms with Gasteiger partial charge in [-0.25, -0.2) is 0 Å². The molecule has 1 saturated carbocycles. The van der Waals surface area contributed by atoms with E-state index in [-0.39, 0.29) is 12.0 Å². The lowest BCUT2D eigenvalue weighted by Gasteiger charge is -2.53. The summed E-state index contributed by atoms with van der Waals surface area (Å²) in [4.78, 5) is 4.30. The Labute approximate surface area is 198 Å². The molecule has 2 unspecified atom stereocenters. The molecular weight excluding hydrogens is 412 g/mol. The number of pyridine rings is 1. The van der Waals surface area contributed by atoms with Crippen molar-refractivity contribution in [2.75, 3.05) is 39.4 Å². The lowest BCUT2D eigenvalue weighted by atomic mass is 9.80. The lowest BCUT2D eigenvalue weighted by molar-refractivity contribution is -0.946. The number of ether oxygens (including phenoxy) is 2. The van der Waals surface area contributed by atoms with Crippen LogP contribution in [0.1, 0.15) is 50.5 Å². The van der Waals surface area contributed by atoms with E-state index in [2.05, 4.69) is 4.98 Å².